The Labute approximate surface area is 128 Å². The molecule has 0 saturated heterocycles. The average molecular weight is 343 g/mol. The van der Waals surface area contributed by atoms with Crippen molar-refractivity contribution in [2.75, 3.05) is 0 Å². The highest BCUT2D eigenvalue weighted by Crippen LogP contribution is 2.61. The van der Waals surface area contributed by atoms with Gasteiger partial charge in [0, 0.05) is 11.1 Å². The molecule has 7 nitrogen and oxygen atoms in total. The van der Waals surface area contributed by atoms with Crippen LogP contribution in [-0.4, -0.2) is 19.6 Å². The molecule has 1 aliphatic rings. The summed E-state index contributed by atoms with van der Waals surface area (Å²) < 4.78 is 17.4. The van der Waals surface area contributed by atoms with Crippen molar-refractivity contribution in [3.63, 3.8) is 0 Å². The summed E-state index contributed by atoms with van der Waals surface area (Å²) in [5.41, 5.74) is 4.41. The summed E-state index contributed by atoms with van der Waals surface area (Å²) in [6, 6.07) is 13.9. The molecule has 0 bridgehead atoms. The van der Waals surface area contributed by atoms with Gasteiger partial charge in [-0.25, -0.2) is 0 Å². The maximum absolute atomic E-state index is 11.8. The number of fused-ring (bicyclic) bond motifs is 2. The zero-order chi connectivity index (χ0) is 16.3. The smallest absolute Gasteiger partial charge is 0.337 e. The lowest BCUT2D eigenvalue weighted by molar-refractivity contribution is 0.357. The van der Waals surface area contributed by atoms with E-state index in [0.717, 1.165) is 0 Å². The molecule has 1 heterocycles. The number of rotatable bonds is 1. The first-order valence-electron chi connectivity index (χ1n) is 6.14. The van der Waals surface area contributed by atoms with Crippen LogP contribution in [0.2, 0.25) is 0 Å². The molecule has 3 rings (SSSR count). The molecule has 1 aliphatic heterocycles. The molecule has 118 valence electrons. The normalized spacial score (nSPS) is 13.5. The van der Waals surface area contributed by atoms with E-state index in [0.29, 0.717) is 22.6 Å². The SMILES string of the molecule is NP(O)O.O=P(O)(O)C1c2ccccc2Oc2ccccc21. The summed E-state index contributed by atoms with van der Waals surface area (Å²) in [6.45, 7) is 0. The van der Waals surface area contributed by atoms with Crippen LogP contribution >= 0.6 is 16.1 Å². The lowest BCUT2D eigenvalue weighted by Crippen LogP contribution is -2.10. The van der Waals surface area contributed by atoms with Gasteiger partial charge in [-0.1, -0.05) is 36.4 Å². The Morgan fingerprint density at radius 1 is 0.955 bits per heavy atom. The van der Waals surface area contributed by atoms with E-state index >= 15 is 0 Å². The minimum Gasteiger partial charge on any atom is -0.457 e. The largest absolute Gasteiger partial charge is 0.457 e. The van der Waals surface area contributed by atoms with Gasteiger partial charge in [0.2, 0.25) is 8.53 Å². The third-order valence-electron chi connectivity index (χ3n) is 2.98. The van der Waals surface area contributed by atoms with Gasteiger partial charge in [-0.2, -0.15) is 0 Å². The van der Waals surface area contributed by atoms with Crippen molar-refractivity contribution in [2.24, 2.45) is 5.50 Å². The molecule has 0 unspecified atom stereocenters. The van der Waals surface area contributed by atoms with E-state index in [4.69, 9.17) is 14.5 Å². The summed E-state index contributed by atoms with van der Waals surface area (Å²) in [7, 11) is -6.41. The van der Waals surface area contributed by atoms with Crippen LogP contribution in [0, 0.1) is 0 Å². The molecular weight excluding hydrogens is 328 g/mol. The third-order valence-corrected chi connectivity index (χ3v) is 4.21. The van der Waals surface area contributed by atoms with E-state index in [2.05, 4.69) is 5.50 Å². The van der Waals surface area contributed by atoms with E-state index in [1.165, 1.54) is 0 Å². The number of benzene rings is 2. The fourth-order valence-electron chi connectivity index (χ4n) is 2.25. The van der Waals surface area contributed by atoms with Crippen LogP contribution in [0.4, 0.5) is 0 Å². The van der Waals surface area contributed by atoms with Gasteiger partial charge in [-0.3, -0.25) is 10.1 Å². The molecule has 0 aliphatic carbocycles. The van der Waals surface area contributed by atoms with Gasteiger partial charge in [0.05, 0.1) is 0 Å². The molecule has 0 fully saturated rings. The van der Waals surface area contributed by atoms with Crippen molar-refractivity contribution in [3.05, 3.63) is 59.7 Å². The Balaban J connectivity index is 0.000000396. The van der Waals surface area contributed by atoms with E-state index < -0.39 is 21.8 Å². The minimum absolute atomic E-state index is 0.504. The standard InChI is InChI=1S/C13H11O4P.H4NO2P/c14-18(15,16)13-9-5-1-3-7-11(9)17-12-8-4-2-6-10(12)13;1-4(2)3/h1-8,13H,(H2,14,15,16);2-3H,1H2. The van der Waals surface area contributed by atoms with Crippen LogP contribution in [0.25, 0.3) is 0 Å². The monoisotopic (exact) mass is 343 g/mol. The van der Waals surface area contributed by atoms with Gasteiger partial charge >= 0.3 is 7.60 Å². The van der Waals surface area contributed by atoms with Crippen molar-refractivity contribution in [3.8, 4) is 11.5 Å². The maximum Gasteiger partial charge on any atom is 0.337 e. The van der Waals surface area contributed by atoms with Crippen molar-refractivity contribution >= 4 is 16.1 Å². The number of nitrogens with two attached hydrogens (primary N) is 1. The van der Waals surface area contributed by atoms with Crippen LogP contribution in [-0.2, 0) is 4.57 Å². The predicted octanol–water partition coefficient (Wildman–Crippen LogP) is 2.22. The summed E-state index contributed by atoms with van der Waals surface area (Å²) in [5.74, 6) is 1.01. The second-order valence-electron chi connectivity index (χ2n) is 4.49. The van der Waals surface area contributed by atoms with Gasteiger partial charge in [-0.05, 0) is 12.1 Å². The van der Waals surface area contributed by atoms with Crippen molar-refractivity contribution in [2.45, 2.75) is 5.66 Å². The first-order chi connectivity index (χ1) is 10.3. The second-order valence-corrected chi connectivity index (χ2v) is 6.83. The number of ether oxygens (including phenoxy) is 1. The first-order valence-corrected chi connectivity index (χ1v) is 9.14. The molecule has 6 N–H and O–H groups in total. The predicted molar refractivity (Wildman–Crippen MR) is 82.4 cm³/mol. The van der Waals surface area contributed by atoms with Crippen molar-refractivity contribution in [1.29, 1.82) is 0 Å². The highest BCUT2D eigenvalue weighted by atomic mass is 31.2. The number of para-hydroxylation sites is 2. The van der Waals surface area contributed by atoms with E-state index in [-0.39, 0.29) is 0 Å². The van der Waals surface area contributed by atoms with E-state index in [1.54, 1.807) is 48.5 Å². The van der Waals surface area contributed by atoms with Crippen LogP contribution in [0.5, 0.6) is 11.5 Å². The second kappa shape index (κ2) is 6.86. The fourth-order valence-corrected chi connectivity index (χ4v) is 3.40. The van der Waals surface area contributed by atoms with Crippen LogP contribution in [0.3, 0.4) is 0 Å². The molecule has 0 amide bonds. The number of hydrogen-bond acceptors (Lipinski definition) is 5. The Morgan fingerprint density at radius 3 is 1.68 bits per heavy atom. The first kappa shape index (κ1) is 17.1. The molecule has 0 aromatic heterocycles. The van der Waals surface area contributed by atoms with Gasteiger partial charge in [0.1, 0.15) is 17.2 Å². The Kier molecular flexibility index (Phi) is 5.32. The lowest BCUT2D eigenvalue weighted by Gasteiger charge is -2.28. The number of hydrogen-bond donors (Lipinski definition) is 5. The van der Waals surface area contributed by atoms with E-state index in [9.17, 15) is 14.4 Å². The quantitative estimate of drug-likeness (QED) is 0.501. The van der Waals surface area contributed by atoms with Crippen LogP contribution < -0.4 is 10.2 Å². The molecular formula is C13H15NO6P2. The molecule has 0 atom stereocenters. The third kappa shape index (κ3) is 3.91. The zero-order valence-electron chi connectivity index (χ0n) is 11.3. The lowest BCUT2D eigenvalue weighted by atomic mass is 10.00. The van der Waals surface area contributed by atoms with Gasteiger partial charge in [0.25, 0.3) is 0 Å². The Hall–Kier alpha value is -1.30. The van der Waals surface area contributed by atoms with Crippen molar-refractivity contribution < 1.29 is 28.9 Å². The average Bonchev–Trinajstić information content (AvgIpc) is 2.42. The Morgan fingerprint density at radius 2 is 1.32 bits per heavy atom. The van der Waals surface area contributed by atoms with Gasteiger partial charge < -0.3 is 24.3 Å². The molecule has 2 aromatic rings. The van der Waals surface area contributed by atoms with Crippen molar-refractivity contribution in [1.82, 2.24) is 0 Å². The Bertz CT molecular complexity index is 654. The highest BCUT2D eigenvalue weighted by molar-refractivity contribution is 7.52. The summed E-state index contributed by atoms with van der Waals surface area (Å²) in [6.07, 6.45) is 0. The molecule has 0 spiro atoms. The van der Waals surface area contributed by atoms with Crippen LogP contribution in [0.15, 0.2) is 48.5 Å². The maximum atomic E-state index is 11.8. The molecule has 0 saturated carbocycles. The van der Waals surface area contributed by atoms with Gasteiger partial charge in [0.15, 0.2) is 0 Å². The summed E-state index contributed by atoms with van der Waals surface area (Å²) in [5, 5.41) is 0. The highest BCUT2D eigenvalue weighted by Gasteiger charge is 2.38. The summed E-state index contributed by atoms with van der Waals surface area (Å²) in [4.78, 5) is 34.1. The fraction of sp³-hybridized carbons (Fsp3) is 0.0769. The molecule has 0 radical (unpaired) electrons. The molecule has 9 heteroatoms. The topological polar surface area (TPSA) is 133 Å². The molecule has 22 heavy (non-hydrogen) atoms. The zero-order valence-corrected chi connectivity index (χ0v) is 13.1. The van der Waals surface area contributed by atoms with E-state index in [1.807, 2.05) is 0 Å². The van der Waals surface area contributed by atoms with Gasteiger partial charge in [-0.15, -0.1) is 0 Å². The van der Waals surface area contributed by atoms with Crippen LogP contribution in [0.1, 0.15) is 16.8 Å². The molecule has 2 aromatic carbocycles. The summed E-state index contributed by atoms with van der Waals surface area (Å²) >= 11 is 0. The minimum atomic E-state index is -4.29.